The van der Waals surface area contributed by atoms with E-state index in [1.165, 1.54) is 12.1 Å². The summed E-state index contributed by atoms with van der Waals surface area (Å²) >= 11 is 0. The Morgan fingerprint density at radius 2 is 2.10 bits per heavy atom. The molecule has 2 rings (SSSR count). The summed E-state index contributed by atoms with van der Waals surface area (Å²) in [6, 6.07) is 6.54. The van der Waals surface area contributed by atoms with Gasteiger partial charge in [-0.2, -0.15) is 5.26 Å². The Bertz CT molecular complexity index is 496. The highest BCUT2D eigenvalue weighted by Gasteiger charge is 2.32. The molecule has 0 atom stereocenters. The van der Waals surface area contributed by atoms with Gasteiger partial charge in [0.15, 0.2) is 0 Å². The third-order valence-corrected chi connectivity index (χ3v) is 4.57. The topological polar surface area (TPSA) is 47.3 Å². The first-order chi connectivity index (χ1) is 9.62. The molecule has 0 bridgehead atoms. The Morgan fingerprint density at radius 3 is 2.65 bits per heavy atom. The molecule has 4 heteroatoms. The molecule has 0 unspecified atom stereocenters. The quantitative estimate of drug-likeness (QED) is 0.919. The first-order valence-corrected chi connectivity index (χ1v) is 7.14. The number of rotatable bonds is 4. The number of hydrogen-bond donors (Lipinski definition) is 1. The standard InChI is InChI=1S/C16H21FN2O/c1-2-16(12-20)5-7-19(8-6-16)11-14-9-13(10-18)3-4-15(14)17/h3-4,9,20H,2,5-8,11-12H2,1H3. The second-order valence-corrected chi connectivity index (χ2v) is 5.71. The molecule has 20 heavy (non-hydrogen) atoms. The van der Waals surface area contributed by atoms with Gasteiger partial charge in [-0.3, -0.25) is 4.90 Å². The zero-order valence-electron chi connectivity index (χ0n) is 11.9. The van der Waals surface area contributed by atoms with E-state index in [2.05, 4.69) is 11.8 Å². The summed E-state index contributed by atoms with van der Waals surface area (Å²) in [5.41, 5.74) is 1.12. The number of aliphatic hydroxyl groups is 1. The van der Waals surface area contributed by atoms with E-state index in [-0.39, 0.29) is 17.8 Å². The second kappa shape index (κ2) is 6.34. The summed E-state index contributed by atoms with van der Waals surface area (Å²) in [7, 11) is 0. The van der Waals surface area contributed by atoms with E-state index in [1.807, 2.05) is 6.07 Å². The summed E-state index contributed by atoms with van der Waals surface area (Å²) < 4.78 is 13.8. The van der Waals surface area contributed by atoms with Crippen LogP contribution in [0.3, 0.4) is 0 Å². The van der Waals surface area contributed by atoms with E-state index in [0.29, 0.717) is 17.7 Å². The molecule has 0 aliphatic carbocycles. The summed E-state index contributed by atoms with van der Waals surface area (Å²) in [6.07, 6.45) is 2.87. The van der Waals surface area contributed by atoms with Crippen molar-refractivity contribution in [1.29, 1.82) is 5.26 Å². The summed E-state index contributed by atoms with van der Waals surface area (Å²) in [4.78, 5) is 2.20. The maximum Gasteiger partial charge on any atom is 0.127 e. The highest BCUT2D eigenvalue weighted by atomic mass is 19.1. The van der Waals surface area contributed by atoms with Gasteiger partial charge in [-0.15, -0.1) is 0 Å². The van der Waals surface area contributed by atoms with Crippen molar-refractivity contribution in [2.45, 2.75) is 32.7 Å². The van der Waals surface area contributed by atoms with Gasteiger partial charge in [-0.25, -0.2) is 4.39 Å². The van der Waals surface area contributed by atoms with Crippen molar-refractivity contribution in [2.75, 3.05) is 19.7 Å². The molecule has 0 radical (unpaired) electrons. The van der Waals surface area contributed by atoms with Crippen LogP contribution in [0.15, 0.2) is 18.2 Å². The average molecular weight is 276 g/mol. The molecule has 1 aliphatic heterocycles. The Hall–Kier alpha value is -1.44. The maximum atomic E-state index is 13.8. The first-order valence-electron chi connectivity index (χ1n) is 7.14. The lowest BCUT2D eigenvalue weighted by atomic mass is 9.77. The van der Waals surface area contributed by atoms with Crippen LogP contribution in [0.5, 0.6) is 0 Å². The van der Waals surface area contributed by atoms with Gasteiger partial charge in [0.05, 0.1) is 11.6 Å². The molecular weight excluding hydrogens is 255 g/mol. The Balaban J connectivity index is 2.01. The Kier molecular flexibility index (Phi) is 4.74. The zero-order valence-corrected chi connectivity index (χ0v) is 11.9. The number of nitrogens with zero attached hydrogens (tertiary/aromatic N) is 2. The molecule has 1 saturated heterocycles. The van der Waals surface area contributed by atoms with Gasteiger partial charge in [0.25, 0.3) is 0 Å². The van der Waals surface area contributed by atoms with E-state index in [0.717, 1.165) is 32.4 Å². The molecule has 108 valence electrons. The second-order valence-electron chi connectivity index (χ2n) is 5.71. The molecule has 1 aromatic rings. The molecule has 1 heterocycles. The smallest absolute Gasteiger partial charge is 0.127 e. The van der Waals surface area contributed by atoms with Crippen molar-refractivity contribution in [3.8, 4) is 6.07 Å². The van der Waals surface area contributed by atoms with Gasteiger partial charge in [-0.1, -0.05) is 6.92 Å². The fourth-order valence-corrected chi connectivity index (χ4v) is 2.82. The monoisotopic (exact) mass is 276 g/mol. The SMILES string of the molecule is CCC1(CO)CCN(Cc2cc(C#N)ccc2F)CC1. The van der Waals surface area contributed by atoms with Crippen molar-refractivity contribution >= 4 is 0 Å². The van der Waals surface area contributed by atoms with Crippen LogP contribution in [-0.2, 0) is 6.54 Å². The minimum atomic E-state index is -0.251. The van der Waals surface area contributed by atoms with Gasteiger partial charge in [0.2, 0.25) is 0 Å². The fourth-order valence-electron chi connectivity index (χ4n) is 2.82. The van der Waals surface area contributed by atoms with Crippen LogP contribution < -0.4 is 0 Å². The molecular formula is C16H21FN2O. The lowest BCUT2D eigenvalue weighted by Crippen LogP contribution is -2.41. The Morgan fingerprint density at radius 1 is 1.40 bits per heavy atom. The van der Waals surface area contributed by atoms with Gasteiger partial charge >= 0.3 is 0 Å². The minimum absolute atomic E-state index is 0.0452. The number of likely N-dealkylation sites (tertiary alicyclic amines) is 1. The van der Waals surface area contributed by atoms with Crippen LogP contribution >= 0.6 is 0 Å². The van der Waals surface area contributed by atoms with Crippen molar-refractivity contribution < 1.29 is 9.50 Å². The number of aliphatic hydroxyl groups excluding tert-OH is 1. The number of nitriles is 1. The molecule has 1 fully saturated rings. The average Bonchev–Trinajstić information content (AvgIpc) is 2.50. The van der Waals surface area contributed by atoms with E-state index in [1.54, 1.807) is 6.07 Å². The number of benzene rings is 1. The summed E-state index contributed by atoms with van der Waals surface area (Å²) in [6.45, 7) is 4.61. The highest BCUT2D eigenvalue weighted by molar-refractivity contribution is 5.33. The summed E-state index contributed by atoms with van der Waals surface area (Å²) in [5, 5.41) is 18.4. The molecule has 0 saturated carbocycles. The zero-order chi connectivity index (χ0) is 14.6. The van der Waals surface area contributed by atoms with Crippen LogP contribution in [0.2, 0.25) is 0 Å². The fraction of sp³-hybridized carbons (Fsp3) is 0.562. The lowest BCUT2D eigenvalue weighted by Gasteiger charge is -2.40. The third-order valence-electron chi connectivity index (χ3n) is 4.57. The lowest BCUT2D eigenvalue weighted by molar-refractivity contribution is 0.0379. The predicted octanol–water partition coefficient (Wildman–Crippen LogP) is 2.68. The number of hydrogen-bond acceptors (Lipinski definition) is 3. The maximum absolute atomic E-state index is 13.8. The minimum Gasteiger partial charge on any atom is -0.396 e. The van der Waals surface area contributed by atoms with Gasteiger partial charge < -0.3 is 5.11 Å². The molecule has 0 amide bonds. The van der Waals surface area contributed by atoms with E-state index >= 15 is 0 Å². The van der Waals surface area contributed by atoms with Crippen LogP contribution in [0.25, 0.3) is 0 Å². The van der Waals surface area contributed by atoms with Crippen molar-refractivity contribution in [2.24, 2.45) is 5.41 Å². The van der Waals surface area contributed by atoms with Crippen molar-refractivity contribution in [3.05, 3.63) is 35.1 Å². The first kappa shape index (κ1) is 15.0. The molecule has 1 aromatic carbocycles. The normalized spacial score (nSPS) is 18.7. The highest BCUT2D eigenvalue weighted by Crippen LogP contribution is 2.34. The van der Waals surface area contributed by atoms with Crippen molar-refractivity contribution in [3.63, 3.8) is 0 Å². The summed E-state index contributed by atoms with van der Waals surface area (Å²) in [5.74, 6) is -0.251. The van der Waals surface area contributed by atoms with Gasteiger partial charge in [0, 0.05) is 18.7 Å². The molecule has 3 nitrogen and oxygen atoms in total. The molecule has 1 aliphatic rings. The molecule has 0 spiro atoms. The molecule has 1 N–H and O–H groups in total. The van der Waals surface area contributed by atoms with Crippen LogP contribution in [-0.4, -0.2) is 29.7 Å². The number of piperidine rings is 1. The number of halogens is 1. The van der Waals surface area contributed by atoms with Gasteiger partial charge in [0.1, 0.15) is 5.82 Å². The predicted molar refractivity (Wildman–Crippen MR) is 75.4 cm³/mol. The van der Waals surface area contributed by atoms with Crippen LogP contribution in [0, 0.1) is 22.6 Å². The van der Waals surface area contributed by atoms with Crippen LogP contribution in [0.4, 0.5) is 4.39 Å². The van der Waals surface area contributed by atoms with Gasteiger partial charge in [-0.05, 0) is 56.0 Å². The largest absolute Gasteiger partial charge is 0.396 e. The van der Waals surface area contributed by atoms with E-state index in [9.17, 15) is 9.50 Å². The van der Waals surface area contributed by atoms with E-state index < -0.39 is 0 Å². The van der Waals surface area contributed by atoms with Crippen molar-refractivity contribution in [1.82, 2.24) is 4.90 Å². The third kappa shape index (κ3) is 3.17. The Labute approximate surface area is 119 Å². The molecule has 0 aromatic heterocycles. The van der Waals surface area contributed by atoms with E-state index in [4.69, 9.17) is 5.26 Å². The van der Waals surface area contributed by atoms with Crippen LogP contribution in [0.1, 0.15) is 37.3 Å².